The van der Waals surface area contributed by atoms with Gasteiger partial charge in [-0.1, -0.05) is 13.3 Å². The summed E-state index contributed by atoms with van der Waals surface area (Å²) in [7, 11) is 10.0. The van der Waals surface area contributed by atoms with E-state index in [9.17, 15) is 0 Å². The average molecular weight is 422 g/mol. The van der Waals surface area contributed by atoms with Crippen LogP contribution >= 0.6 is 24.0 Å². The molecule has 0 aliphatic rings. The van der Waals surface area contributed by atoms with Crippen LogP contribution in [-0.4, -0.2) is 66.8 Å². The number of aryl methyl sites for hydroxylation is 1. The van der Waals surface area contributed by atoms with Gasteiger partial charge in [0, 0.05) is 46.0 Å². The summed E-state index contributed by atoms with van der Waals surface area (Å²) in [5.41, 5.74) is 1.21. The molecule has 0 aliphatic carbocycles. The van der Waals surface area contributed by atoms with Gasteiger partial charge in [0.15, 0.2) is 5.96 Å². The molecule has 0 saturated heterocycles. The van der Waals surface area contributed by atoms with Crippen LogP contribution in [0, 0.1) is 0 Å². The molecule has 1 unspecified atom stereocenters. The van der Waals surface area contributed by atoms with Gasteiger partial charge < -0.3 is 15.1 Å². The fourth-order valence-electron chi connectivity index (χ4n) is 2.28. The number of aliphatic imine (C=N–C) groups is 1. The van der Waals surface area contributed by atoms with Crippen molar-refractivity contribution in [3.8, 4) is 0 Å². The van der Waals surface area contributed by atoms with Crippen molar-refractivity contribution in [2.75, 3.05) is 41.3 Å². The van der Waals surface area contributed by atoms with Crippen molar-refractivity contribution in [2.45, 2.75) is 25.8 Å². The number of aromatic nitrogens is 2. The number of rotatable bonds is 7. The molecule has 0 aliphatic heterocycles. The molecule has 1 N–H and O–H groups in total. The molecule has 0 fully saturated rings. The Bertz CT molecular complexity index is 443. The summed E-state index contributed by atoms with van der Waals surface area (Å²) >= 11 is 0. The molecule has 6 nitrogen and oxygen atoms in total. The predicted molar refractivity (Wildman–Crippen MR) is 104 cm³/mol. The minimum Gasteiger partial charge on any atom is -0.354 e. The first-order valence-corrected chi connectivity index (χ1v) is 7.56. The fraction of sp³-hybridized carbons (Fsp3) is 0.733. The van der Waals surface area contributed by atoms with E-state index in [4.69, 9.17) is 0 Å². The molecule has 0 bridgehead atoms. The number of guanidine groups is 1. The highest BCUT2D eigenvalue weighted by atomic mass is 127. The molecular weight excluding hydrogens is 391 g/mol. The van der Waals surface area contributed by atoms with Crippen LogP contribution in [0.1, 0.15) is 31.4 Å². The third kappa shape index (κ3) is 6.51. The second-order valence-electron chi connectivity index (χ2n) is 5.63. The molecule has 1 atom stereocenters. The summed E-state index contributed by atoms with van der Waals surface area (Å²) < 4.78 is 1.84. The lowest BCUT2D eigenvalue weighted by atomic mass is 10.1. The number of likely N-dealkylation sites (N-methyl/N-ethyl adjacent to an activating group) is 1. The zero-order chi connectivity index (χ0) is 15.8. The van der Waals surface area contributed by atoms with Crippen molar-refractivity contribution in [3.05, 3.63) is 18.0 Å². The van der Waals surface area contributed by atoms with Crippen LogP contribution in [0.2, 0.25) is 0 Å². The lowest BCUT2D eigenvalue weighted by Gasteiger charge is -2.27. The topological polar surface area (TPSA) is 48.7 Å². The van der Waals surface area contributed by atoms with Gasteiger partial charge in [0.25, 0.3) is 0 Å². The van der Waals surface area contributed by atoms with Gasteiger partial charge in [-0.25, -0.2) is 0 Å². The Balaban J connectivity index is 0.00000441. The molecule has 128 valence electrons. The van der Waals surface area contributed by atoms with E-state index in [1.54, 1.807) is 0 Å². The Hall–Kier alpha value is -0.830. The molecule has 1 aromatic rings. The van der Waals surface area contributed by atoms with E-state index in [-0.39, 0.29) is 30.0 Å². The highest BCUT2D eigenvalue weighted by Crippen LogP contribution is 2.16. The van der Waals surface area contributed by atoms with E-state index >= 15 is 0 Å². The molecule has 0 saturated carbocycles. The van der Waals surface area contributed by atoms with Gasteiger partial charge in [-0.15, -0.1) is 24.0 Å². The van der Waals surface area contributed by atoms with E-state index in [1.807, 2.05) is 25.0 Å². The SMILES string of the molecule is CCCCN(C)C(=NC)NCC(c1cnn(C)c1)N(C)C.I. The maximum atomic E-state index is 4.36. The van der Waals surface area contributed by atoms with Gasteiger partial charge in [0.1, 0.15) is 0 Å². The van der Waals surface area contributed by atoms with E-state index in [0.29, 0.717) is 0 Å². The zero-order valence-corrected chi connectivity index (χ0v) is 17.0. The molecule has 1 rings (SSSR count). The summed E-state index contributed by atoms with van der Waals surface area (Å²) in [6.45, 7) is 4.03. The van der Waals surface area contributed by atoms with Gasteiger partial charge in [0.05, 0.1) is 12.2 Å². The Morgan fingerprint density at radius 1 is 1.41 bits per heavy atom. The number of halogens is 1. The highest BCUT2D eigenvalue weighted by molar-refractivity contribution is 14.0. The largest absolute Gasteiger partial charge is 0.354 e. The standard InChI is InChI=1S/C15H30N6.HI/c1-7-8-9-20(5)15(16-2)17-11-14(19(3)4)13-10-18-21(6)12-13;/h10,12,14H,7-9,11H2,1-6H3,(H,16,17);1H. The number of unbranched alkanes of at least 4 members (excludes halogenated alkanes) is 1. The van der Waals surface area contributed by atoms with Gasteiger partial charge >= 0.3 is 0 Å². The molecule has 0 amide bonds. The Morgan fingerprint density at radius 3 is 2.55 bits per heavy atom. The molecule has 22 heavy (non-hydrogen) atoms. The van der Waals surface area contributed by atoms with Gasteiger partial charge in [-0.05, 0) is 20.5 Å². The summed E-state index contributed by atoms with van der Waals surface area (Å²) in [5, 5.41) is 7.73. The average Bonchev–Trinajstić information content (AvgIpc) is 2.86. The third-order valence-corrected chi connectivity index (χ3v) is 3.61. The van der Waals surface area contributed by atoms with Crippen molar-refractivity contribution in [1.82, 2.24) is 24.9 Å². The van der Waals surface area contributed by atoms with Crippen LogP contribution in [0.25, 0.3) is 0 Å². The van der Waals surface area contributed by atoms with E-state index < -0.39 is 0 Å². The summed E-state index contributed by atoms with van der Waals surface area (Å²) in [4.78, 5) is 8.74. The molecule has 0 radical (unpaired) electrons. The summed E-state index contributed by atoms with van der Waals surface area (Å²) in [6.07, 6.45) is 6.36. The Kier molecular flexibility index (Phi) is 10.4. The second kappa shape index (κ2) is 10.8. The molecule has 1 heterocycles. The molecule has 0 aromatic carbocycles. The van der Waals surface area contributed by atoms with Crippen LogP contribution < -0.4 is 5.32 Å². The third-order valence-electron chi connectivity index (χ3n) is 3.61. The van der Waals surface area contributed by atoms with Crippen LogP contribution in [0.3, 0.4) is 0 Å². The zero-order valence-electron chi connectivity index (χ0n) is 14.7. The number of hydrogen-bond donors (Lipinski definition) is 1. The van der Waals surface area contributed by atoms with E-state index in [2.05, 4.69) is 59.5 Å². The number of nitrogens with zero attached hydrogens (tertiary/aromatic N) is 5. The first-order chi connectivity index (χ1) is 9.99. The molecular formula is C15H31IN6. The normalized spacial score (nSPS) is 13.0. The van der Waals surface area contributed by atoms with Gasteiger partial charge in [-0.2, -0.15) is 5.10 Å². The Labute approximate surface area is 152 Å². The van der Waals surface area contributed by atoms with E-state index in [1.165, 1.54) is 18.4 Å². The van der Waals surface area contributed by atoms with E-state index in [0.717, 1.165) is 19.0 Å². The second-order valence-corrected chi connectivity index (χ2v) is 5.63. The fourth-order valence-corrected chi connectivity index (χ4v) is 2.28. The smallest absolute Gasteiger partial charge is 0.193 e. The minimum atomic E-state index is 0. The first-order valence-electron chi connectivity index (χ1n) is 7.56. The lowest BCUT2D eigenvalue weighted by molar-refractivity contribution is 0.295. The van der Waals surface area contributed by atoms with Crippen molar-refractivity contribution in [3.63, 3.8) is 0 Å². The lowest BCUT2D eigenvalue weighted by Crippen LogP contribution is -2.43. The number of nitrogens with one attached hydrogen (secondary N) is 1. The van der Waals surface area contributed by atoms with Crippen LogP contribution in [-0.2, 0) is 7.05 Å². The Morgan fingerprint density at radius 2 is 2.09 bits per heavy atom. The first kappa shape index (κ1) is 21.2. The van der Waals surface area contributed by atoms with Crippen LogP contribution in [0.5, 0.6) is 0 Å². The molecule has 1 aromatic heterocycles. The van der Waals surface area contributed by atoms with Crippen LogP contribution in [0.4, 0.5) is 0 Å². The summed E-state index contributed by atoms with van der Waals surface area (Å²) in [5.74, 6) is 0.944. The minimum absolute atomic E-state index is 0. The maximum absolute atomic E-state index is 4.36. The maximum Gasteiger partial charge on any atom is 0.193 e. The quantitative estimate of drug-likeness (QED) is 0.415. The molecule has 7 heteroatoms. The van der Waals surface area contributed by atoms with Gasteiger partial charge in [-0.3, -0.25) is 9.67 Å². The monoisotopic (exact) mass is 422 g/mol. The predicted octanol–water partition coefficient (Wildman–Crippen LogP) is 1.95. The van der Waals surface area contributed by atoms with Gasteiger partial charge in [0.2, 0.25) is 0 Å². The van der Waals surface area contributed by atoms with Crippen molar-refractivity contribution >= 4 is 29.9 Å². The molecule has 0 spiro atoms. The van der Waals surface area contributed by atoms with Crippen molar-refractivity contribution in [2.24, 2.45) is 12.0 Å². The highest BCUT2D eigenvalue weighted by Gasteiger charge is 2.17. The number of hydrogen-bond acceptors (Lipinski definition) is 3. The van der Waals surface area contributed by atoms with Crippen molar-refractivity contribution in [1.29, 1.82) is 0 Å². The van der Waals surface area contributed by atoms with Crippen molar-refractivity contribution < 1.29 is 0 Å². The van der Waals surface area contributed by atoms with Crippen LogP contribution in [0.15, 0.2) is 17.4 Å². The summed E-state index contributed by atoms with van der Waals surface area (Å²) in [6, 6.07) is 0.273.